The molecule has 0 aliphatic heterocycles. The molecule has 0 atom stereocenters. The summed E-state index contributed by atoms with van der Waals surface area (Å²) in [5.41, 5.74) is 5.08. The molecule has 0 aromatic heterocycles. The molecule has 7 heteroatoms. The van der Waals surface area contributed by atoms with Crippen LogP contribution in [0.25, 0.3) is 0 Å². The second kappa shape index (κ2) is 8.42. The van der Waals surface area contributed by atoms with Crippen LogP contribution in [0.3, 0.4) is 0 Å². The Labute approximate surface area is 141 Å². The van der Waals surface area contributed by atoms with Crippen molar-refractivity contribution < 1.29 is 18.8 Å². The number of anilines is 1. The number of nitrogens with zero attached hydrogens (tertiary/aromatic N) is 1. The van der Waals surface area contributed by atoms with Gasteiger partial charge in [-0.05, 0) is 24.3 Å². The van der Waals surface area contributed by atoms with E-state index >= 15 is 0 Å². The highest BCUT2D eigenvalue weighted by Gasteiger charge is 2.22. The number of hydrogen-bond acceptors (Lipinski definition) is 3. The Balaban J connectivity index is 2.72. The third-order valence-electron chi connectivity index (χ3n) is 3.33. The second-order valence-corrected chi connectivity index (χ2v) is 6.49. The van der Waals surface area contributed by atoms with E-state index in [9.17, 15) is 18.8 Å². The maximum Gasteiger partial charge on any atom is 0.228 e. The van der Waals surface area contributed by atoms with Crippen molar-refractivity contribution in [2.24, 2.45) is 11.1 Å². The van der Waals surface area contributed by atoms with Crippen LogP contribution in [-0.4, -0.2) is 30.8 Å². The normalized spacial score (nSPS) is 11.0. The largest absolute Gasteiger partial charge is 0.370 e. The first-order valence-corrected chi connectivity index (χ1v) is 7.74. The molecule has 0 aliphatic rings. The van der Waals surface area contributed by atoms with Crippen LogP contribution in [0.1, 0.15) is 33.6 Å². The van der Waals surface area contributed by atoms with Crippen LogP contribution in [0.5, 0.6) is 0 Å². The van der Waals surface area contributed by atoms with Crippen molar-refractivity contribution in [3.63, 3.8) is 0 Å². The van der Waals surface area contributed by atoms with E-state index in [2.05, 4.69) is 5.32 Å². The third kappa shape index (κ3) is 6.36. The molecule has 1 aromatic rings. The SMILES string of the molecule is CC(C)(C)C(=O)NCCC(=O)N(CCC(N)=O)c1ccc(F)cc1. The number of amides is 3. The molecule has 0 heterocycles. The minimum absolute atomic E-state index is 0.00251. The van der Waals surface area contributed by atoms with Crippen molar-refractivity contribution in [1.29, 1.82) is 0 Å². The van der Waals surface area contributed by atoms with Crippen LogP contribution in [0.2, 0.25) is 0 Å². The van der Waals surface area contributed by atoms with Crippen molar-refractivity contribution in [2.75, 3.05) is 18.0 Å². The minimum Gasteiger partial charge on any atom is -0.370 e. The summed E-state index contributed by atoms with van der Waals surface area (Å²) in [6.45, 7) is 5.63. The van der Waals surface area contributed by atoms with Gasteiger partial charge in [-0.2, -0.15) is 0 Å². The van der Waals surface area contributed by atoms with Crippen molar-refractivity contribution >= 4 is 23.4 Å². The Kier molecular flexibility index (Phi) is 6.88. The van der Waals surface area contributed by atoms with E-state index in [0.29, 0.717) is 5.69 Å². The summed E-state index contributed by atoms with van der Waals surface area (Å²) >= 11 is 0. The van der Waals surface area contributed by atoms with Crippen molar-refractivity contribution in [3.05, 3.63) is 30.1 Å². The lowest BCUT2D eigenvalue weighted by molar-refractivity contribution is -0.128. The predicted molar refractivity (Wildman–Crippen MR) is 89.6 cm³/mol. The lowest BCUT2D eigenvalue weighted by Crippen LogP contribution is -2.39. The van der Waals surface area contributed by atoms with Gasteiger partial charge in [0.25, 0.3) is 0 Å². The first kappa shape index (κ1) is 19.6. The van der Waals surface area contributed by atoms with E-state index < -0.39 is 17.1 Å². The van der Waals surface area contributed by atoms with Crippen LogP contribution >= 0.6 is 0 Å². The monoisotopic (exact) mass is 337 g/mol. The average Bonchev–Trinajstić information content (AvgIpc) is 2.47. The van der Waals surface area contributed by atoms with Crippen LogP contribution in [0, 0.1) is 11.2 Å². The van der Waals surface area contributed by atoms with E-state index in [4.69, 9.17) is 5.73 Å². The summed E-state index contributed by atoms with van der Waals surface area (Å²) in [5, 5.41) is 2.70. The molecule has 24 heavy (non-hydrogen) atoms. The molecule has 0 unspecified atom stereocenters. The van der Waals surface area contributed by atoms with E-state index in [1.807, 2.05) is 0 Å². The lowest BCUT2D eigenvalue weighted by atomic mass is 9.96. The Morgan fingerprint density at radius 3 is 2.21 bits per heavy atom. The molecule has 0 radical (unpaired) electrons. The number of nitrogens with one attached hydrogen (secondary N) is 1. The van der Waals surface area contributed by atoms with Crippen molar-refractivity contribution in [2.45, 2.75) is 33.6 Å². The molecule has 6 nitrogen and oxygen atoms in total. The highest BCUT2D eigenvalue weighted by atomic mass is 19.1. The number of carbonyl (C=O) groups excluding carboxylic acids is 3. The quantitative estimate of drug-likeness (QED) is 0.791. The number of carbonyl (C=O) groups is 3. The standard InChI is InChI=1S/C17H24FN3O3/c1-17(2,3)16(24)20-10-8-15(23)21(11-9-14(19)22)13-6-4-12(18)5-7-13/h4-7H,8-11H2,1-3H3,(H2,19,22)(H,20,24). The summed E-state index contributed by atoms with van der Waals surface area (Å²) in [6.07, 6.45) is 0.0649. The topological polar surface area (TPSA) is 92.5 Å². The molecule has 0 saturated carbocycles. The Morgan fingerprint density at radius 1 is 1.12 bits per heavy atom. The summed E-state index contributed by atoms with van der Waals surface area (Å²) < 4.78 is 13.0. The fourth-order valence-corrected chi connectivity index (χ4v) is 1.92. The van der Waals surface area contributed by atoms with Crippen molar-refractivity contribution in [3.8, 4) is 0 Å². The number of rotatable bonds is 7. The van der Waals surface area contributed by atoms with Gasteiger partial charge in [-0.25, -0.2) is 4.39 Å². The zero-order chi connectivity index (χ0) is 18.3. The molecule has 0 spiro atoms. The zero-order valence-electron chi connectivity index (χ0n) is 14.3. The Hall–Kier alpha value is -2.44. The summed E-state index contributed by atoms with van der Waals surface area (Å²) in [5.74, 6) is -1.38. The van der Waals surface area contributed by atoms with Crippen LogP contribution in [-0.2, 0) is 14.4 Å². The highest BCUT2D eigenvalue weighted by molar-refractivity contribution is 5.94. The summed E-state index contributed by atoms with van der Waals surface area (Å²) in [6, 6.07) is 5.40. The summed E-state index contributed by atoms with van der Waals surface area (Å²) in [7, 11) is 0. The van der Waals surface area contributed by atoms with Gasteiger partial charge >= 0.3 is 0 Å². The van der Waals surface area contributed by atoms with E-state index in [-0.39, 0.29) is 37.7 Å². The van der Waals surface area contributed by atoms with Crippen LogP contribution < -0.4 is 16.0 Å². The van der Waals surface area contributed by atoms with E-state index in [1.54, 1.807) is 20.8 Å². The van der Waals surface area contributed by atoms with Crippen LogP contribution in [0.4, 0.5) is 10.1 Å². The molecular formula is C17H24FN3O3. The number of halogens is 1. The number of benzene rings is 1. The maximum atomic E-state index is 13.0. The maximum absolute atomic E-state index is 13.0. The van der Waals surface area contributed by atoms with Gasteiger partial charge in [0, 0.05) is 37.0 Å². The van der Waals surface area contributed by atoms with Crippen LogP contribution in [0.15, 0.2) is 24.3 Å². The van der Waals surface area contributed by atoms with Gasteiger partial charge in [-0.3, -0.25) is 14.4 Å². The van der Waals surface area contributed by atoms with E-state index in [0.717, 1.165) is 0 Å². The molecule has 3 amide bonds. The minimum atomic E-state index is -0.536. The zero-order valence-corrected chi connectivity index (χ0v) is 14.3. The van der Waals surface area contributed by atoms with Crippen molar-refractivity contribution in [1.82, 2.24) is 5.32 Å². The summed E-state index contributed by atoms with van der Waals surface area (Å²) in [4.78, 5) is 36.6. The van der Waals surface area contributed by atoms with Gasteiger partial charge in [0.1, 0.15) is 5.82 Å². The molecule has 132 valence electrons. The smallest absolute Gasteiger partial charge is 0.228 e. The molecule has 0 fully saturated rings. The van der Waals surface area contributed by atoms with Gasteiger partial charge in [0.15, 0.2) is 0 Å². The average molecular weight is 337 g/mol. The fourth-order valence-electron chi connectivity index (χ4n) is 1.92. The Bertz CT molecular complexity index is 594. The van der Waals surface area contributed by atoms with Gasteiger partial charge in [0.2, 0.25) is 17.7 Å². The Morgan fingerprint density at radius 2 is 1.71 bits per heavy atom. The highest BCUT2D eigenvalue weighted by Crippen LogP contribution is 2.17. The molecule has 0 saturated heterocycles. The molecule has 0 bridgehead atoms. The molecule has 0 aliphatic carbocycles. The number of nitrogens with two attached hydrogens (primary N) is 1. The second-order valence-electron chi connectivity index (χ2n) is 6.49. The van der Waals surface area contributed by atoms with E-state index in [1.165, 1.54) is 29.2 Å². The molecular weight excluding hydrogens is 313 g/mol. The number of hydrogen-bond donors (Lipinski definition) is 2. The fraction of sp³-hybridized carbons (Fsp3) is 0.471. The first-order valence-electron chi connectivity index (χ1n) is 7.74. The molecule has 1 aromatic carbocycles. The van der Waals surface area contributed by atoms with Gasteiger partial charge in [0.05, 0.1) is 0 Å². The lowest BCUT2D eigenvalue weighted by Gasteiger charge is -2.23. The molecule has 1 rings (SSSR count). The molecule has 3 N–H and O–H groups in total. The van der Waals surface area contributed by atoms with Gasteiger partial charge < -0.3 is 16.0 Å². The predicted octanol–water partition coefficient (Wildman–Crippen LogP) is 1.59. The third-order valence-corrected chi connectivity index (χ3v) is 3.33. The van der Waals surface area contributed by atoms with Gasteiger partial charge in [-0.1, -0.05) is 20.8 Å². The first-order chi connectivity index (χ1) is 11.1. The number of primary amides is 1. The van der Waals surface area contributed by atoms with Gasteiger partial charge in [-0.15, -0.1) is 0 Å².